The quantitative estimate of drug-likeness (QED) is 0.593. The molecule has 3 aliphatic rings. The number of ether oxygens (including phenoxy) is 2. The van der Waals surface area contributed by atoms with E-state index < -0.39 is 15.9 Å². The van der Waals surface area contributed by atoms with Gasteiger partial charge in [0, 0.05) is 46.1 Å². The molecule has 3 heterocycles. The zero-order chi connectivity index (χ0) is 23.4. The number of hydrogen-bond acceptors (Lipinski definition) is 8. The number of carbonyl (C=O) groups is 2. The van der Waals surface area contributed by atoms with Crippen molar-refractivity contribution in [3.8, 4) is 0 Å². The van der Waals surface area contributed by atoms with Crippen LogP contribution < -0.4 is 10.6 Å². The molecule has 0 radical (unpaired) electrons. The lowest BCUT2D eigenvalue weighted by Gasteiger charge is -2.26. The Morgan fingerprint density at radius 3 is 2.67 bits per heavy atom. The monoisotopic (exact) mass is 479 g/mol. The van der Waals surface area contributed by atoms with Crippen molar-refractivity contribution in [3.05, 3.63) is 18.2 Å². The van der Waals surface area contributed by atoms with Gasteiger partial charge >= 0.3 is 0 Å². The number of nitrogens with zero attached hydrogens (tertiary/aromatic N) is 3. The van der Waals surface area contributed by atoms with Gasteiger partial charge in [0.25, 0.3) is 5.91 Å². The van der Waals surface area contributed by atoms with E-state index in [1.807, 2.05) is 0 Å². The fourth-order valence-corrected chi connectivity index (χ4v) is 5.37. The van der Waals surface area contributed by atoms with Crippen LogP contribution in [0, 0.1) is 0 Å². The molecular weight excluding hydrogens is 450 g/mol. The van der Waals surface area contributed by atoms with E-state index in [0.29, 0.717) is 31.1 Å². The summed E-state index contributed by atoms with van der Waals surface area (Å²) in [6, 6.07) is 4.64. The maximum absolute atomic E-state index is 13.1. The van der Waals surface area contributed by atoms with Crippen LogP contribution in [-0.2, 0) is 29.1 Å². The lowest BCUT2D eigenvalue weighted by molar-refractivity contribution is -0.130. The first kappa shape index (κ1) is 23.6. The second-order valence-electron chi connectivity index (χ2n) is 8.16. The van der Waals surface area contributed by atoms with Crippen LogP contribution in [0.2, 0.25) is 0 Å². The van der Waals surface area contributed by atoms with E-state index in [1.54, 1.807) is 6.07 Å². The highest BCUT2D eigenvalue weighted by Crippen LogP contribution is 2.29. The molecule has 1 unspecified atom stereocenters. The fourth-order valence-electron chi connectivity index (χ4n) is 3.93. The maximum Gasteiger partial charge on any atom is 0.271 e. The second kappa shape index (κ2) is 10.2. The molecule has 0 bridgehead atoms. The lowest BCUT2D eigenvalue weighted by atomic mass is 10.1. The molecule has 1 aromatic carbocycles. The molecule has 4 rings (SSSR count). The summed E-state index contributed by atoms with van der Waals surface area (Å²) >= 11 is 0. The predicted molar refractivity (Wildman–Crippen MR) is 122 cm³/mol. The number of hydrogen-bond donors (Lipinski definition) is 2. The van der Waals surface area contributed by atoms with Crippen LogP contribution in [0.25, 0.3) is 0 Å². The van der Waals surface area contributed by atoms with Gasteiger partial charge in [-0.05, 0) is 31.0 Å². The number of benzene rings is 1. The highest BCUT2D eigenvalue weighted by Gasteiger charge is 2.28. The van der Waals surface area contributed by atoms with Crippen LogP contribution in [0.1, 0.15) is 25.7 Å². The second-order valence-corrected chi connectivity index (χ2v) is 10.1. The Labute approximate surface area is 193 Å². The Morgan fingerprint density at radius 2 is 1.97 bits per heavy atom. The largest absolute Gasteiger partial charge is 0.381 e. The van der Waals surface area contributed by atoms with Gasteiger partial charge in [0.2, 0.25) is 15.9 Å². The number of hydrazone groups is 1. The molecule has 0 spiro atoms. The Bertz CT molecular complexity index is 1030. The van der Waals surface area contributed by atoms with Crippen LogP contribution in [-0.4, -0.2) is 87.9 Å². The fraction of sp³-hybridized carbons (Fsp3) is 0.571. The van der Waals surface area contributed by atoms with Gasteiger partial charge in [0.05, 0.1) is 35.6 Å². The molecule has 2 saturated heterocycles. The third kappa shape index (κ3) is 5.52. The molecule has 0 aliphatic carbocycles. The average Bonchev–Trinajstić information content (AvgIpc) is 3.34. The molecule has 3 aliphatic heterocycles. The average molecular weight is 480 g/mol. The number of morpholine rings is 1. The first-order chi connectivity index (χ1) is 15.8. The third-order valence-electron chi connectivity index (χ3n) is 5.86. The Morgan fingerprint density at radius 1 is 1.18 bits per heavy atom. The maximum atomic E-state index is 13.1. The molecule has 2 N–H and O–H groups in total. The Hall–Kier alpha value is -2.54. The van der Waals surface area contributed by atoms with Crippen molar-refractivity contribution in [2.45, 2.75) is 36.7 Å². The zero-order valence-corrected chi connectivity index (χ0v) is 19.4. The number of amides is 2. The van der Waals surface area contributed by atoms with Crippen molar-refractivity contribution in [2.24, 2.45) is 5.10 Å². The van der Waals surface area contributed by atoms with Gasteiger partial charge in [-0.1, -0.05) is 0 Å². The normalized spacial score (nSPS) is 22.2. The molecule has 33 heavy (non-hydrogen) atoms. The molecule has 180 valence electrons. The van der Waals surface area contributed by atoms with Gasteiger partial charge in [-0.25, -0.2) is 13.4 Å². The first-order valence-corrected chi connectivity index (χ1v) is 12.5. The molecule has 12 heteroatoms. The summed E-state index contributed by atoms with van der Waals surface area (Å²) in [5, 5.41) is 11.3. The number of anilines is 2. The summed E-state index contributed by atoms with van der Waals surface area (Å²) in [6.45, 7) is 2.50. The van der Waals surface area contributed by atoms with Crippen LogP contribution >= 0.6 is 0 Å². The van der Waals surface area contributed by atoms with Crippen molar-refractivity contribution in [1.29, 1.82) is 0 Å². The standard InChI is InChI=1S/C21H29N5O6S/c1-25-20(27)7-6-18(24-25)21(28)23-19-13-16(33(29,30)26-8-11-31-12-9-26)4-5-17(19)22-14-15-3-2-10-32-15/h4-5,13,15,22H,2-3,6-12,14H2,1H3,(H,23,28). The molecule has 1 atom stereocenters. The van der Waals surface area contributed by atoms with Crippen molar-refractivity contribution in [3.63, 3.8) is 0 Å². The summed E-state index contributed by atoms with van der Waals surface area (Å²) in [5.74, 6) is -0.639. The SMILES string of the molecule is CN1N=C(C(=O)Nc2cc(S(=O)(=O)N3CCOCC3)ccc2NCC2CCCO2)CCC1=O. The van der Waals surface area contributed by atoms with E-state index in [9.17, 15) is 18.0 Å². The van der Waals surface area contributed by atoms with Crippen LogP contribution in [0.15, 0.2) is 28.2 Å². The molecule has 0 aromatic heterocycles. The number of rotatable bonds is 7. The zero-order valence-electron chi connectivity index (χ0n) is 18.6. The van der Waals surface area contributed by atoms with Crippen molar-refractivity contribution < 1.29 is 27.5 Å². The minimum Gasteiger partial charge on any atom is -0.381 e. The van der Waals surface area contributed by atoms with Crippen molar-refractivity contribution in [2.75, 3.05) is 57.1 Å². The van der Waals surface area contributed by atoms with Crippen molar-refractivity contribution in [1.82, 2.24) is 9.31 Å². The molecule has 2 amide bonds. The van der Waals surface area contributed by atoms with E-state index in [1.165, 1.54) is 23.5 Å². The summed E-state index contributed by atoms with van der Waals surface area (Å²) in [4.78, 5) is 24.6. The van der Waals surface area contributed by atoms with Crippen LogP contribution in [0.5, 0.6) is 0 Å². The molecule has 2 fully saturated rings. The van der Waals surface area contributed by atoms with E-state index in [0.717, 1.165) is 24.5 Å². The van der Waals surface area contributed by atoms with Gasteiger partial charge in [-0.2, -0.15) is 9.41 Å². The molecule has 0 saturated carbocycles. The number of nitrogens with one attached hydrogen (secondary N) is 2. The minimum absolute atomic E-state index is 0.0627. The van der Waals surface area contributed by atoms with Gasteiger partial charge in [0.15, 0.2) is 0 Å². The summed E-state index contributed by atoms with van der Waals surface area (Å²) in [7, 11) is -2.24. The van der Waals surface area contributed by atoms with Gasteiger partial charge in [-0.3, -0.25) is 9.59 Å². The highest BCUT2D eigenvalue weighted by molar-refractivity contribution is 7.89. The Balaban J connectivity index is 1.59. The van der Waals surface area contributed by atoms with Gasteiger partial charge < -0.3 is 20.1 Å². The third-order valence-corrected chi connectivity index (χ3v) is 7.76. The summed E-state index contributed by atoms with van der Waals surface area (Å²) in [5.41, 5.74) is 1.12. The van der Waals surface area contributed by atoms with E-state index >= 15 is 0 Å². The molecular formula is C21H29N5O6S. The van der Waals surface area contributed by atoms with E-state index in [-0.39, 0.29) is 48.5 Å². The summed E-state index contributed by atoms with van der Waals surface area (Å²) < 4.78 is 38.6. The summed E-state index contributed by atoms with van der Waals surface area (Å²) in [6.07, 6.45) is 2.42. The number of sulfonamides is 1. The topological polar surface area (TPSA) is 130 Å². The molecule has 1 aromatic rings. The van der Waals surface area contributed by atoms with E-state index in [4.69, 9.17) is 9.47 Å². The van der Waals surface area contributed by atoms with E-state index in [2.05, 4.69) is 15.7 Å². The highest BCUT2D eigenvalue weighted by atomic mass is 32.2. The Kier molecular flexibility index (Phi) is 7.27. The minimum atomic E-state index is -3.74. The predicted octanol–water partition coefficient (Wildman–Crippen LogP) is 0.845. The number of carbonyl (C=O) groups excluding carboxylic acids is 2. The smallest absolute Gasteiger partial charge is 0.271 e. The van der Waals surface area contributed by atoms with Gasteiger partial charge in [0.1, 0.15) is 5.71 Å². The van der Waals surface area contributed by atoms with Gasteiger partial charge in [-0.15, -0.1) is 0 Å². The van der Waals surface area contributed by atoms with Crippen LogP contribution in [0.4, 0.5) is 11.4 Å². The first-order valence-electron chi connectivity index (χ1n) is 11.1. The molecule has 11 nitrogen and oxygen atoms in total. The van der Waals surface area contributed by atoms with Crippen molar-refractivity contribution >= 4 is 38.9 Å². The van der Waals surface area contributed by atoms with Crippen LogP contribution in [0.3, 0.4) is 0 Å². The lowest BCUT2D eigenvalue weighted by Crippen LogP contribution is -2.40.